The summed E-state index contributed by atoms with van der Waals surface area (Å²) in [5.74, 6) is 0.817. The average molecular weight is 573 g/mol. The highest BCUT2D eigenvalue weighted by Gasteiger charge is 2.43. The molecule has 2 N–H and O–H groups in total. The molecule has 0 bridgehead atoms. The van der Waals surface area contributed by atoms with Gasteiger partial charge in [0.05, 0.1) is 28.0 Å². The van der Waals surface area contributed by atoms with Crippen molar-refractivity contribution in [2.24, 2.45) is 5.92 Å². The molecule has 4 heterocycles. The Kier molecular flexibility index (Phi) is 7.21. The summed E-state index contributed by atoms with van der Waals surface area (Å²) in [6.45, 7) is 4.27. The van der Waals surface area contributed by atoms with Crippen molar-refractivity contribution in [3.05, 3.63) is 101 Å². The van der Waals surface area contributed by atoms with Crippen LogP contribution < -0.4 is 15.1 Å². The van der Waals surface area contributed by atoms with Crippen molar-refractivity contribution >= 4 is 46.3 Å². The fraction of sp³-hybridized carbons (Fsp3) is 0.258. The molecule has 2 aromatic carbocycles. The van der Waals surface area contributed by atoms with Gasteiger partial charge in [0.1, 0.15) is 17.6 Å². The van der Waals surface area contributed by atoms with Gasteiger partial charge in [-0.1, -0.05) is 42.8 Å². The zero-order valence-electron chi connectivity index (χ0n) is 22.0. The first kappa shape index (κ1) is 26.3. The fourth-order valence-electron chi connectivity index (χ4n) is 5.61. The standard InChI is InChI=1S/C31H29ClN4O3S/c1-19-13-16-35(17-14-19)25-10-9-20(18-23(25)32)36-29(28(34-31(36)40)24-8-4-5-15-33-24)27-12-11-26(39-27)21-6-2-3-7-22(21)30(37)38/h2-12,15,18-19,28-29H,13-14,16-17H2,1H3,(H,34,40)(H,37,38)/t28-,29-/m1/s1. The summed E-state index contributed by atoms with van der Waals surface area (Å²) in [5.41, 5.74) is 3.36. The predicted octanol–water partition coefficient (Wildman–Crippen LogP) is 7.11. The second-order valence-corrected chi connectivity index (χ2v) is 11.1. The molecule has 2 aromatic heterocycles. The third kappa shape index (κ3) is 4.93. The van der Waals surface area contributed by atoms with E-state index in [9.17, 15) is 9.90 Å². The van der Waals surface area contributed by atoms with Crippen LogP contribution in [0.3, 0.4) is 0 Å². The molecule has 9 heteroatoms. The second-order valence-electron chi connectivity index (χ2n) is 10.4. The van der Waals surface area contributed by atoms with Gasteiger partial charge in [0.2, 0.25) is 0 Å². The summed E-state index contributed by atoms with van der Waals surface area (Å²) in [6, 6.07) is 21.7. The topological polar surface area (TPSA) is 81.8 Å². The summed E-state index contributed by atoms with van der Waals surface area (Å²) in [6.07, 6.45) is 4.05. The van der Waals surface area contributed by atoms with Crippen LogP contribution in [0.4, 0.5) is 11.4 Å². The van der Waals surface area contributed by atoms with Gasteiger partial charge in [0.25, 0.3) is 0 Å². The molecule has 0 spiro atoms. The number of nitrogens with one attached hydrogen (secondary N) is 1. The molecule has 0 radical (unpaired) electrons. The van der Waals surface area contributed by atoms with E-state index < -0.39 is 5.97 Å². The van der Waals surface area contributed by atoms with Crippen molar-refractivity contribution in [3.63, 3.8) is 0 Å². The lowest BCUT2D eigenvalue weighted by atomic mass is 9.98. The maximum absolute atomic E-state index is 11.9. The number of pyridine rings is 1. The predicted molar refractivity (Wildman–Crippen MR) is 161 cm³/mol. The minimum atomic E-state index is -1.01. The lowest BCUT2D eigenvalue weighted by Crippen LogP contribution is -2.33. The van der Waals surface area contributed by atoms with Crippen LogP contribution in [0.5, 0.6) is 0 Å². The number of aromatic carboxylic acids is 1. The Hall–Kier alpha value is -3.88. The van der Waals surface area contributed by atoms with Gasteiger partial charge in [0.15, 0.2) is 5.11 Å². The van der Waals surface area contributed by atoms with E-state index in [2.05, 4.69) is 28.2 Å². The van der Waals surface area contributed by atoms with Crippen LogP contribution in [0, 0.1) is 5.92 Å². The molecular formula is C31H29ClN4O3S. The maximum atomic E-state index is 11.9. The van der Waals surface area contributed by atoms with Crippen molar-refractivity contribution in [2.75, 3.05) is 22.9 Å². The number of piperidine rings is 1. The number of carboxylic acid groups (broad SMARTS) is 1. The summed E-state index contributed by atoms with van der Waals surface area (Å²) < 4.78 is 6.38. The number of anilines is 2. The third-order valence-corrected chi connectivity index (χ3v) is 8.39. The summed E-state index contributed by atoms with van der Waals surface area (Å²) in [4.78, 5) is 20.8. The number of hydrogen-bond acceptors (Lipinski definition) is 5. The SMILES string of the molecule is CC1CCN(c2ccc(N3C(=S)N[C@H](c4ccccn4)[C@H]3c3ccc(-c4ccccc4C(=O)O)o3)cc2Cl)CC1. The average Bonchev–Trinajstić information content (AvgIpc) is 3.58. The fourth-order valence-corrected chi connectivity index (χ4v) is 6.25. The van der Waals surface area contributed by atoms with E-state index in [1.807, 2.05) is 41.3 Å². The molecule has 0 amide bonds. The zero-order valence-corrected chi connectivity index (χ0v) is 23.5. The van der Waals surface area contributed by atoms with Gasteiger partial charge in [-0.05, 0) is 79.5 Å². The molecule has 2 aliphatic heterocycles. The molecule has 7 nitrogen and oxygen atoms in total. The van der Waals surface area contributed by atoms with Gasteiger partial charge in [-0.2, -0.15) is 0 Å². The van der Waals surface area contributed by atoms with E-state index in [1.54, 1.807) is 36.5 Å². The van der Waals surface area contributed by atoms with Crippen LogP contribution in [0.2, 0.25) is 5.02 Å². The van der Waals surface area contributed by atoms with Gasteiger partial charge < -0.3 is 24.6 Å². The molecule has 6 rings (SSSR count). The molecule has 40 heavy (non-hydrogen) atoms. The second kappa shape index (κ2) is 10.9. The quantitative estimate of drug-likeness (QED) is 0.237. The number of carboxylic acids is 1. The molecule has 0 saturated carbocycles. The van der Waals surface area contributed by atoms with Gasteiger partial charge in [-0.15, -0.1) is 0 Å². The summed E-state index contributed by atoms with van der Waals surface area (Å²) in [7, 11) is 0. The number of halogens is 1. The molecule has 204 valence electrons. The highest BCUT2D eigenvalue weighted by atomic mass is 35.5. The lowest BCUT2D eigenvalue weighted by molar-refractivity contribution is 0.0697. The lowest BCUT2D eigenvalue weighted by Gasteiger charge is -2.33. The first-order valence-corrected chi connectivity index (χ1v) is 14.2. The molecule has 2 aliphatic rings. The Morgan fingerprint density at radius 2 is 1.85 bits per heavy atom. The Bertz CT molecular complexity index is 1550. The van der Waals surface area contributed by atoms with Crippen LogP contribution in [-0.2, 0) is 0 Å². The minimum absolute atomic E-state index is 0.177. The van der Waals surface area contributed by atoms with Crippen molar-refractivity contribution in [1.29, 1.82) is 0 Å². The van der Waals surface area contributed by atoms with Crippen LogP contribution in [0.15, 0.2) is 83.4 Å². The third-order valence-electron chi connectivity index (χ3n) is 7.77. The molecule has 2 saturated heterocycles. The van der Waals surface area contributed by atoms with Gasteiger partial charge in [0, 0.05) is 30.5 Å². The minimum Gasteiger partial charge on any atom is -0.478 e. The van der Waals surface area contributed by atoms with E-state index >= 15 is 0 Å². The van der Waals surface area contributed by atoms with Crippen LogP contribution in [0.1, 0.15) is 53.7 Å². The number of benzene rings is 2. The van der Waals surface area contributed by atoms with E-state index in [4.69, 9.17) is 28.2 Å². The Morgan fingerprint density at radius 3 is 2.58 bits per heavy atom. The van der Waals surface area contributed by atoms with Crippen molar-refractivity contribution in [3.8, 4) is 11.3 Å². The number of hydrogen-bond donors (Lipinski definition) is 2. The Labute approximate surface area is 243 Å². The number of furan rings is 1. The van der Waals surface area contributed by atoms with Gasteiger partial charge >= 0.3 is 5.97 Å². The van der Waals surface area contributed by atoms with E-state index in [-0.39, 0.29) is 17.6 Å². The smallest absolute Gasteiger partial charge is 0.336 e. The molecule has 2 fully saturated rings. The molecule has 4 aromatic rings. The number of aromatic nitrogens is 1. The number of carbonyl (C=O) groups is 1. The molecule has 0 unspecified atom stereocenters. The van der Waals surface area contributed by atoms with Gasteiger partial charge in [-0.3, -0.25) is 4.98 Å². The van der Waals surface area contributed by atoms with Crippen molar-refractivity contribution < 1.29 is 14.3 Å². The van der Waals surface area contributed by atoms with Crippen LogP contribution in [0.25, 0.3) is 11.3 Å². The molecular weight excluding hydrogens is 544 g/mol. The number of nitrogens with zero attached hydrogens (tertiary/aromatic N) is 3. The summed E-state index contributed by atoms with van der Waals surface area (Å²) in [5, 5.41) is 14.4. The Morgan fingerprint density at radius 1 is 1.07 bits per heavy atom. The van der Waals surface area contributed by atoms with E-state index in [1.165, 1.54) is 0 Å². The molecule has 0 aliphatic carbocycles. The highest BCUT2D eigenvalue weighted by Crippen LogP contribution is 2.44. The largest absolute Gasteiger partial charge is 0.478 e. The zero-order chi connectivity index (χ0) is 27.8. The first-order valence-electron chi connectivity index (χ1n) is 13.4. The van der Waals surface area contributed by atoms with Crippen LogP contribution >= 0.6 is 23.8 Å². The Balaban J connectivity index is 1.40. The molecule has 2 atom stereocenters. The highest BCUT2D eigenvalue weighted by molar-refractivity contribution is 7.80. The monoisotopic (exact) mass is 572 g/mol. The van der Waals surface area contributed by atoms with Crippen LogP contribution in [-0.4, -0.2) is 34.3 Å². The maximum Gasteiger partial charge on any atom is 0.336 e. The van der Waals surface area contributed by atoms with Crippen molar-refractivity contribution in [1.82, 2.24) is 10.3 Å². The summed E-state index contributed by atoms with van der Waals surface area (Å²) >= 11 is 12.7. The first-order chi connectivity index (χ1) is 19.4. The number of thiocarbonyl (C=S) groups is 1. The number of rotatable bonds is 6. The van der Waals surface area contributed by atoms with E-state index in [0.717, 1.165) is 48.9 Å². The van der Waals surface area contributed by atoms with E-state index in [0.29, 0.717) is 27.2 Å². The normalized spacial score (nSPS) is 19.6. The van der Waals surface area contributed by atoms with Gasteiger partial charge in [-0.25, -0.2) is 4.79 Å². The van der Waals surface area contributed by atoms with Crippen molar-refractivity contribution in [2.45, 2.75) is 31.8 Å².